The SMILES string of the molecule is CCC/C=C/C(=O)NC(C)(C)C. The zero-order valence-corrected chi connectivity index (χ0v) is 8.48. The molecule has 0 fully saturated rings. The number of hydrogen-bond donors (Lipinski definition) is 1. The van der Waals surface area contributed by atoms with Gasteiger partial charge in [-0.25, -0.2) is 0 Å². The molecular formula is C10H19NO. The maximum absolute atomic E-state index is 11.1. The van der Waals surface area contributed by atoms with Gasteiger partial charge in [0.15, 0.2) is 0 Å². The van der Waals surface area contributed by atoms with Crippen molar-refractivity contribution in [1.82, 2.24) is 5.32 Å². The van der Waals surface area contributed by atoms with Gasteiger partial charge < -0.3 is 5.32 Å². The van der Waals surface area contributed by atoms with Crippen molar-refractivity contribution in [3.63, 3.8) is 0 Å². The van der Waals surface area contributed by atoms with Gasteiger partial charge in [0, 0.05) is 5.54 Å². The largest absolute Gasteiger partial charge is 0.348 e. The molecule has 0 aromatic rings. The molecule has 0 atom stereocenters. The summed E-state index contributed by atoms with van der Waals surface area (Å²) in [5, 5.41) is 2.85. The van der Waals surface area contributed by atoms with Crippen LogP contribution in [-0.2, 0) is 4.79 Å². The second kappa shape index (κ2) is 4.96. The van der Waals surface area contributed by atoms with E-state index >= 15 is 0 Å². The van der Waals surface area contributed by atoms with Crippen molar-refractivity contribution in [3.8, 4) is 0 Å². The molecule has 0 aliphatic heterocycles. The Kier molecular flexibility index (Phi) is 4.64. The van der Waals surface area contributed by atoms with E-state index in [4.69, 9.17) is 0 Å². The quantitative estimate of drug-likeness (QED) is 0.645. The average Bonchev–Trinajstić information content (AvgIpc) is 1.84. The number of rotatable bonds is 3. The van der Waals surface area contributed by atoms with Crippen molar-refractivity contribution >= 4 is 5.91 Å². The first kappa shape index (κ1) is 11.2. The standard InChI is InChI=1S/C10H19NO/c1-5-6-7-8-9(12)11-10(2,3)4/h7-8H,5-6H2,1-4H3,(H,11,12)/b8-7+. The summed E-state index contributed by atoms with van der Waals surface area (Å²) < 4.78 is 0. The number of nitrogens with one attached hydrogen (secondary N) is 1. The number of amides is 1. The molecule has 0 radical (unpaired) electrons. The van der Waals surface area contributed by atoms with E-state index in [2.05, 4.69) is 12.2 Å². The second-order valence-electron chi connectivity index (χ2n) is 3.93. The van der Waals surface area contributed by atoms with Crippen LogP contribution in [0.1, 0.15) is 40.5 Å². The van der Waals surface area contributed by atoms with E-state index in [1.54, 1.807) is 6.08 Å². The van der Waals surface area contributed by atoms with E-state index < -0.39 is 0 Å². The van der Waals surface area contributed by atoms with Crippen LogP contribution >= 0.6 is 0 Å². The van der Waals surface area contributed by atoms with Gasteiger partial charge in [0.05, 0.1) is 0 Å². The molecule has 0 rings (SSSR count). The third-order valence-electron chi connectivity index (χ3n) is 1.22. The van der Waals surface area contributed by atoms with Gasteiger partial charge in [-0.05, 0) is 33.3 Å². The van der Waals surface area contributed by atoms with Crippen LogP contribution in [0.4, 0.5) is 0 Å². The highest BCUT2D eigenvalue weighted by Gasteiger charge is 2.10. The van der Waals surface area contributed by atoms with E-state index in [1.165, 1.54) is 0 Å². The fraction of sp³-hybridized carbons (Fsp3) is 0.700. The van der Waals surface area contributed by atoms with Gasteiger partial charge in [-0.3, -0.25) is 4.79 Å². The van der Waals surface area contributed by atoms with Crippen molar-refractivity contribution in [2.24, 2.45) is 0 Å². The van der Waals surface area contributed by atoms with Crippen molar-refractivity contribution in [2.75, 3.05) is 0 Å². The van der Waals surface area contributed by atoms with Crippen molar-refractivity contribution in [3.05, 3.63) is 12.2 Å². The van der Waals surface area contributed by atoms with Crippen LogP contribution in [0.15, 0.2) is 12.2 Å². The summed E-state index contributed by atoms with van der Waals surface area (Å²) in [6.07, 6.45) is 5.56. The minimum absolute atomic E-state index is 0.00375. The first-order valence-corrected chi connectivity index (χ1v) is 4.44. The summed E-state index contributed by atoms with van der Waals surface area (Å²) in [6, 6.07) is 0. The fourth-order valence-electron chi connectivity index (χ4n) is 0.768. The van der Waals surface area contributed by atoms with Crippen LogP contribution in [0.3, 0.4) is 0 Å². The summed E-state index contributed by atoms with van der Waals surface area (Å²) in [5.41, 5.74) is -0.131. The van der Waals surface area contributed by atoms with Crippen molar-refractivity contribution in [1.29, 1.82) is 0 Å². The molecule has 2 heteroatoms. The van der Waals surface area contributed by atoms with Gasteiger partial charge in [0.1, 0.15) is 0 Å². The molecule has 1 N–H and O–H groups in total. The molecule has 12 heavy (non-hydrogen) atoms. The molecule has 70 valence electrons. The highest BCUT2D eigenvalue weighted by Crippen LogP contribution is 1.98. The predicted molar refractivity (Wildman–Crippen MR) is 51.9 cm³/mol. The molecule has 0 heterocycles. The number of hydrogen-bond acceptors (Lipinski definition) is 1. The Labute approximate surface area is 75.0 Å². The molecular weight excluding hydrogens is 150 g/mol. The molecule has 0 bridgehead atoms. The van der Waals surface area contributed by atoms with Gasteiger partial charge in [-0.15, -0.1) is 0 Å². The third kappa shape index (κ3) is 7.32. The Morgan fingerprint density at radius 2 is 2.00 bits per heavy atom. The lowest BCUT2D eigenvalue weighted by Crippen LogP contribution is -2.39. The smallest absolute Gasteiger partial charge is 0.244 e. The van der Waals surface area contributed by atoms with Gasteiger partial charge >= 0.3 is 0 Å². The monoisotopic (exact) mass is 169 g/mol. The summed E-state index contributed by atoms with van der Waals surface area (Å²) in [7, 11) is 0. The van der Waals surface area contributed by atoms with Gasteiger partial charge in [0.2, 0.25) is 5.91 Å². The Hall–Kier alpha value is -0.790. The summed E-state index contributed by atoms with van der Waals surface area (Å²) in [4.78, 5) is 11.1. The molecule has 0 aromatic carbocycles. The molecule has 0 aliphatic carbocycles. The summed E-state index contributed by atoms with van der Waals surface area (Å²) in [6.45, 7) is 8.00. The minimum Gasteiger partial charge on any atom is -0.348 e. The van der Waals surface area contributed by atoms with E-state index in [-0.39, 0.29) is 11.4 Å². The normalized spacial score (nSPS) is 12.0. The third-order valence-corrected chi connectivity index (χ3v) is 1.22. The van der Waals surface area contributed by atoms with Gasteiger partial charge in [-0.2, -0.15) is 0 Å². The predicted octanol–water partition coefficient (Wildman–Crippen LogP) is 2.26. The highest BCUT2D eigenvalue weighted by atomic mass is 16.1. The van der Waals surface area contributed by atoms with E-state index in [1.807, 2.05) is 26.8 Å². The molecule has 0 spiro atoms. The fourth-order valence-corrected chi connectivity index (χ4v) is 0.768. The van der Waals surface area contributed by atoms with Crippen LogP contribution in [0, 0.1) is 0 Å². The lowest BCUT2D eigenvalue weighted by atomic mass is 10.1. The zero-order chi connectivity index (χ0) is 9.61. The first-order chi connectivity index (χ1) is 5.45. The Bertz CT molecular complexity index is 165. The lowest BCUT2D eigenvalue weighted by Gasteiger charge is -2.18. The van der Waals surface area contributed by atoms with Crippen LogP contribution in [0.25, 0.3) is 0 Å². The molecule has 0 saturated heterocycles. The number of carbonyl (C=O) groups excluding carboxylic acids is 1. The minimum atomic E-state index is -0.131. The number of unbranched alkanes of at least 4 members (excludes halogenated alkanes) is 1. The van der Waals surface area contributed by atoms with Crippen molar-refractivity contribution < 1.29 is 4.79 Å². The molecule has 2 nitrogen and oxygen atoms in total. The van der Waals surface area contributed by atoms with Crippen LogP contribution < -0.4 is 5.32 Å². The Balaban J connectivity index is 3.75. The second-order valence-corrected chi connectivity index (χ2v) is 3.93. The topological polar surface area (TPSA) is 29.1 Å². The maximum atomic E-state index is 11.1. The average molecular weight is 169 g/mol. The van der Waals surface area contributed by atoms with Crippen LogP contribution in [0.2, 0.25) is 0 Å². The highest BCUT2D eigenvalue weighted by molar-refractivity contribution is 5.87. The molecule has 1 amide bonds. The molecule has 0 aromatic heterocycles. The van der Waals surface area contributed by atoms with Crippen LogP contribution in [-0.4, -0.2) is 11.4 Å². The van der Waals surface area contributed by atoms with E-state index in [0.717, 1.165) is 12.8 Å². The number of allylic oxidation sites excluding steroid dienone is 1. The zero-order valence-electron chi connectivity index (χ0n) is 8.48. The van der Waals surface area contributed by atoms with Gasteiger partial charge in [0.25, 0.3) is 0 Å². The molecule has 0 unspecified atom stereocenters. The number of carbonyl (C=O) groups is 1. The summed E-state index contributed by atoms with van der Waals surface area (Å²) in [5.74, 6) is -0.00375. The van der Waals surface area contributed by atoms with E-state index in [0.29, 0.717) is 0 Å². The lowest BCUT2D eigenvalue weighted by molar-refractivity contribution is -0.117. The van der Waals surface area contributed by atoms with E-state index in [9.17, 15) is 4.79 Å². The first-order valence-electron chi connectivity index (χ1n) is 4.44. The summed E-state index contributed by atoms with van der Waals surface area (Å²) >= 11 is 0. The molecule has 0 saturated carbocycles. The van der Waals surface area contributed by atoms with Crippen molar-refractivity contribution in [2.45, 2.75) is 46.1 Å². The Morgan fingerprint density at radius 1 is 1.42 bits per heavy atom. The molecule has 0 aliphatic rings. The van der Waals surface area contributed by atoms with Gasteiger partial charge in [-0.1, -0.05) is 19.4 Å². The maximum Gasteiger partial charge on any atom is 0.244 e. The van der Waals surface area contributed by atoms with Crippen LogP contribution in [0.5, 0.6) is 0 Å². The Morgan fingerprint density at radius 3 is 2.42 bits per heavy atom.